The van der Waals surface area contributed by atoms with Crippen molar-refractivity contribution in [2.45, 2.75) is 13.0 Å². The van der Waals surface area contributed by atoms with Gasteiger partial charge in [0.2, 0.25) is 0 Å². The van der Waals surface area contributed by atoms with Gasteiger partial charge in [-0.2, -0.15) is 0 Å². The van der Waals surface area contributed by atoms with E-state index in [1.54, 1.807) is 19.2 Å². The fraction of sp³-hybridized carbons (Fsp3) is 0.538. The van der Waals surface area contributed by atoms with E-state index in [0.717, 1.165) is 18.7 Å². The molecule has 1 saturated heterocycles. The molecule has 1 aromatic rings. The van der Waals surface area contributed by atoms with Crippen LogP contribution in [-0.2, 0) is 6.54 Å². The van der Waals surface area contributed by atoms with Gasteiger partial charge in [-0.1, -0.05) is 0 Å². The standard InChI is InChI=1S/C13H19N3O3/c1-19-13-4-3-12(16(17)18)9-11(13)10-14-5-8-15-6-2-7-15/h3-4,9,14H,2,5-8,10H2,1H3. The Morgan fingerprint density at radius 3 is 2.84 bits per heavy atom. The molecule has 6 nitrogen and oxygen atoms in total. The molecule has 104 valence electrons. The highest BCUT2D eigenvalue weighted by Crippen LogP contribution is 2.23. The third-order valence-electron chi connectivity index (χ3n) is 3.34. The van der Waals surface area contributed by atoms with Gasteiger partial charge >= 0.3 is 0 Å². The van der Waals surface area contributed by atoms with Gasteiger partial charge in [0, 0.05) is 37.3 Å². The highest BCUT2D eigenvalue weighted by atomic mass is 16.6. The first kappa shape index (κ1) is 13.8. The predicted octanol–water partition coefficient (Wildman–Crippen LogP) is 1.40. The lowest BCUT2D eigenvalue weighted by Gasteiger charge is -2.30. The number of nitro groups is 1. The molecule has 1 aliphatic rings. The molecule has 1 aliphatic heterocycles. The van der Waals surface area contributed by atoms with E-state index in [2.05, 4.69) is 10.2 Å². The molecular weight excluding hydrogens is 246 g/mol. The average Bonchev–Trinajstić information content (AvgIpc) is 2.36. The lowest BCUT2D eigenvalue weighted by molar-refractivity contribution is -0.384. The van der Waals surface area contributed by atoms with E-state index in [-0.39, 0.29) is 10.6 Å². The number of rotatable bonds is 7. The van der Waals surface area contributed by atoms with E-state index in [1.807, 2.05) is 0 Å². The molecule has 0 spiro atoms. The predicted molar refractivity (Wildman–Crippen MR) is 72.4 cm³/mol. The van der Waals surface area contributed by atoms with Crippen LogP contribution in [0.15, 0.2) is 18.2 Å². The second-order valence-electron chi connectivity index (χ2n) is 4.63. The van der Waals surface area contributed by atoms with Crippen molar-refractivity contribution in [3.63, 3.8) is 0 Å². The van der Waals surface area contributed by atoms with Crippen molar-refractivity contribution >= 4 is 5.69 Å². The van der Waals surface area contributed by atoms with Gasteiger partial charge < -0.3 is 15.0 Å². The summed E-state index contributed by atoms with van der Waals surface area (Å²) < 4.78 is 5.22. The van der Waals surface area contributed by atoms with Crippen molar-refractivity contribution in [1.82, 2.24) is 10.2 Å². The van der Waals surface area contributed by atoms with E-state index in [0.29, 0.717) is 12.3 Å². The largest absolute Gasteiger partial charge is 0.496 e. The first-order valence-electron chi connectivity index (χ1n) is 6.45. The van der Waals surface area contributed by atoms with Gasteiger partial charge in [-0.3, -0.25) is 10.1 Å². The van der Waals surface area contributed by atoms with Crippen LogP contribution in [-0.4, -0.2) is 43.1 Å². The maximum Gasteiger partial charge on any atom is 0.270 e. The molecule has 0 saturated carbocycles. The minimum Gasteiger partial charge on any atom is -0.496 e. The number of hydrogen-bond donors (Lipinski definition) is 1. The monoisotopic (exact) mass is 265 g/mol. The molecule has 2 rings (SSSR count). The van der Waals surface area contributed by atoms with Gasteiger partial charge in [-0.25, -0.2) is 0 Å². The van der Waals surface area contributed by atoms with E-state index in [9.17, 15) is 10.1 Å². The summed E-state index contributed by atoms with van der Waals surface area (Å²) in [6.45, 7) is 4.85. The van der Waals surface area contributed by atoms with Gasteiger partial charge in [0.25, 0.3) is 5.69 Å². The number of nitrogens with zero attached hydrogens (tertiary/aromatic N) is 2. The number of nitrogens with one attached hydrogen (secondary N) is 1. The maximum atomic E-state index is 10.8. The Hall–Kier alpha value is -1.66. The number of benzene rings is 1. The number of non-ortho nitro benzene ring substituents is 1. The quantitative estimate of drug-likeness (QED) is 0.458. The number of likely N-dealkylation sites (tertiary alicyclic amines) is 1. The molecule has 1 aromatic carbocycles. The van der Waals surface area contributed by atoms with Crippen molar-refractivity contribution < 1.29 is 9.66 Å². The molecule has 0 aliphatic carbocycles. The summed E-state index contributed by atoms with van der Waals surface area (Å²) >= 11 is 0. The van der Waals surface area contributed by atoms with Gasteiger partial charge in [0.05, 0.1) is 12.0 Å². The summed E-state index contributed by atoms with van der Waals surface area (Å²) in [7, 11) is 1.57. The van der Waals surface area contributed by atoms with Crippen molar-refractivity contribution in [1.29, 1.82) is 0 Å². The van der Waals surface area contributed by atoms with Crippen LogP contribution in [0, 0.1) is 10.1 Å². The molecule has 0 bridgehead atoms. The molecule has 0 unspecified atom stereocenters. The molecular formula is C13H19N3O3. The average molecular weight is 265 g/mol. The summed E-state index contributed by atoms with van der Waals surface area (Å²) in [6, 6.07) is 4.67. The molecule has 1 N–H and O–H groups in total. The molecule has 19 heavy (non-hydrogen) atoms. The molecule has 6 heteroatoms. The Labute approximate surface area is 112 Å². The zero-order valence-electron chi connectivity index (χ0n) is 11.1. The minimum atomic E-state index is -0.386. The number of nitro benzene ring substituents is 1. The third kappa shape index (κ3) is 3.65. The molecule has 0 amide bonds. The van der Waals surface area contributed by atoms with Crippen molar-refractivity contribution in [2.75, 3.05) is 33.3 Å². The zero-order valence-corrected chi connectivity index (χ0v) is 11.1. The Morgan fingerprint density at radius 1 is 1.47 bits per heavy atom. The smallest absolute Gasteiger partial charge is 0.270 e. The van der Waals surface area contributed by atoms with Crippen LogP contribution in [0.4, 0.5) is 5.69 Å². The Morgan fingerprint density at radius 2 is 2.26 bits per heavy atom. The van der Waals surface area contributed by atoms with Crippen molar-refractivity contribution in [3.8, 4) is 5.75 Å². The normalized spacial score (nSPS) is 15.0. The van der Waals surface area contributed by atoms with E-state index < -0.39 is 0 Å². The third-order valence-corrected chi connectivity index (χ3v) is 3.34. The van der Waals surface area contributed by atoms with Gasteiger partial charge in [-0.05, 0) is 25.6 Å². The zero-order chi connectivity index (χ0) is 13.7. The lowest BCUT2D eigenvalue weighted by atomic mass is 10.1. The van der Waals surface area contributed by atoms with Gasteiger partial charge in [0.1, 0.15) is 5.75 Å². The topological polar surface area (TPSA) is 67.6 Å². The Bertz CT molecular complexity index is 447. The second kappa shape index (κ2) is 6.49. The van der Waals surface area contributed by atoms with Crippen LogP contribution in [0.2, 0.25) is 0 Å². The molecule has 1 heterocycles. The minimum absolute atomic E-state index is 0.0975. The van der Waals surface area contributed by atoms with Crippen LogP contribution in [0.25, 0.3) is 0 Å². The Balaban J connectivity index is 1.88. The van der Waals surface area contributed by atoms with E-state index >= 15 is 0 Å². The fourth-order valence-electron chi connectivity index (χ4n) is 2.08. The number of hydrogen-bond acceptors (Lipinski definition) is 5. The first-order chi connectivity index (χ1) is 9.20. The number of methoxy groups -OCH3 is 1. The maximum absolute atomic E-state index is 10.8. The Kier molecular flexibility index (Phi) is 4.70. The molecule has 0 atom stereocenters. The summed E-state index contributed by atoms with van der Waals surface area (Å²) in [5.41, 5.74) is 0.917. The SMILES string of the molecule is COc1ccc([N+](=O)[O-])cc1CNCCN1CCC1. The lowest BCUT2D eigenvalue weighted by Crippen LogP contribution is -2.41. The van der Waals surface area contributed by atoms with E-state index in [4.69, 9.17) is 4.74 Å². The second-order valence-corrected chi connectivity index (χ2v) is 4.63. The van der Waals surface area contributed by atoms with Crippen LogP contribution in [0.1, 0.15) is 12.0 Å². The van der Waals surface area contributed by atoms with Crippen LogP contribution >= 0.6 is 0 Å². The van der Waals surface area contributed by atoms with E-state index in [1.165, 1.54) is 25.6 Å². The van der Waals surface area contributed by atoms with Gasteiger partial charge in [-0.15, -0.1) is 0 Å². The first-order valence-corrected chi connectivity index (χ1v) is 6.45. The van der Waals surface area contributed by atoms with Crippen LogP contribution in [0.3, 0.4) is 0 Å². The fourth-order valence-corrected chi connectivity index (χ4v) is 2.08. The molecule has 0 aromatic heterocycles. The van der Waals surface area contributed by atoms with Crippen LogP contribution in [0.5, 0.6) is 5.75 Å². The summed E-state index contributed by atoms with van der Waals surface area (Å²) in [6.07, 6.45) is 1.29. The molecule has 1 fully saturated rings. The highest BCUT2D eigenvalue weighted by Gasteiger charge is 2.13. The summed E-state index contributed by atoms with van der Waals surface area (Å²) in [5.74, 6) is 0.682. The number of ether oxygens (including phenoxy) is 1. The van der Waals surface area contributed by atoms with Crippen molar-refractivity contribution in [2.24, 2.45) is 0 Å². The van der Waals surface area contributed by atoms with Gasteiger partial charge in [0.15, 0.2) is 0 Å². The summed E-state index contributed by atoms with van der Waals surface area (Å²) in [5, 5.41) is 14.1. The van der Waals surface area contributed by atoms with Crippen LogP contribution < -0.4 is 10.1 Å². The van der Waals surface area contributed by atoms with Crippen molar-refractivity contribution in [3.05, 3.63) is 33.9 Å². The summed E-state index contributed by atoms with van der Waals surface area (Å²) in [4.78, 5) is 12.7. The molecule has 0 radical (unpaired) electrons. The highest BCUT2D eigenvalue weighted by molar-refractivity contribution is 5.43.